The first kappa shape index (κ1) is 18.4. The van der Waals surface area contributed by atoms with Crippen molar-refractivity contribution in [2.24, 2.45) is 0 Å². The highest BCUT2D eigenvalue weighted by Crippen LogP contribution is 2.38. The number of imide groups is 1. The number of halogens is 1. The minimum atomic E-state index is -0.403. The fourth-order valence-electron chi connectivity index (χ4n) is 2.63. The maximum absolute atomic E-state index is 12.6. The van der Waals surface area contributed by atoms with Gasteiger partial charge in [-0.25, -0.2) is 0 Å². The number of ether oxygens (including phenoxy) is 1. The maximum atomic E-state index is 12.6. The molecular weight excluding hydrogens is 374 g/mol. The molecule has 2 aromatic rings. The number of hydrogen-bond donors (Lipinski definition) is 1. The average Bonchev–Trinajstić information content (AvgIpc) is 2.85. The molecule has 2 amide bonds. The van der Waals surface area contributed by atoms with Crippen molar-refractivity contribution in [3.05, 3.63) is 63.0 Å². The van der Waals surface area contributed by atoms with E-state index in [0.29, 0.717) is 10.6 Å². The maximum Gasteiger partial charge on any atom is 0.293 e. The second kappa shape index (κ2) is 7.43. The molecule has 2 aromatic carbocycles. The first-order valence-corrected chi connectivity index (χ1v) is 8.96. The molecule has 3 rings (SSSR count). The Balaban J connectivity index is 1.89. The van der Waals surface area contributed by atoms with Crippen molar-refractivity contribution >= 4 is 40.6 Å². The molecule has 0 spiro atoms. The Morgan fingerprint density at radius 3 is 2.73 bits per heavy atom. The van der Waals surface area contributed by atoms with Crippen LogP contribution in [0.25, 0.3) is 6.08 Å². The summed E-state index contributed by atoms with van der Waals surface area (Å²) in [6, 6.07) is 10.6. The van der Waals surface area contributed by atoms with Crippen LogP contribution in [0, 0.1) is 6.92 Å². The summed E-state index contributed by atoms with van der Waals surface area (Å²) in [5.74, 6) is -0.343. The van der Waals surface area contributed by atoms with Crippen LogP contribution in [-0.2, 0) is 11.3 Å². The van der Waals surface area contributed by atoms with Gasteiger partial charge in [0.05, 0.1) is 18.6 Å². The third kappa shape index (κ3) is 3.71. The predicted octanol–water partition coefficient (Wildman–Crippen LogP) is 4.60. The Bertz CT molecular complexity index is 926. The van der Waals surface area contributed by atoms with Gasteiger partial charge < -0.3 is 9.84 Å². The molecule has 0 bridgehead atoms. The lowest BCUT2D eigenvalue weighted by atomic mass is 10.1. The van der Waals surface area contributed by atoms with E-state index in [1.807, 2.05) is 31.2 Å². The lowest BCUT2D eigenvalue weighted by Gasteiger charge is -2.12. The number of nitrogens with zero attached hydrogens (tertiary/aromatic N) is 1. The summed E-state index contributed by atoms with van der Waals surface area (Å²) < 4.78 is 5.06. The number of methoxy groups -OCH3 is 1. The minimum Gasteiger partial charge on any atom is -0.504 e. The number of aromatic hydroxyl groups is 1. The van der Waals surface area contributed by atoms with Gasteiger partial charge in [-0.3, -0.25) is 14.5 Å². The monoisotopic (exact) mass is 389 g/mol. The number of phenolic OH excluding ortho intramolecular Hbond substituents is 1. The molecule has 1 heterocycles. The highest BCUT2D eigenvalue weighted by Gasteiger charge is 2.35. The van der Waals surface area contributed by atoms with E-state index in [1.54, 1.807) is 0 Å². The van der Waals surface area contributed by atoms with Gasteiger partial charge in [0.2, 0.25) is 0 Å². The van der Waals surface area contributed by atoms with Crippen molar-refractivity contribution in [2.45, 2.75) is 13.5 Å². The Morgan fingerprint density at radius 1 is 1.27 bits per heavy atom. The van der Waals surface area contributed by atoms with E-state index >= 15 is 0 Å². The Kier molecular flexibility index (Phi) is 5.25. The number of carbonyl (C=O) groups excluding carboxylic acids is 2. The summed E-state index contributed by atoms with van der Waals surface area (Å²) >= 11 is 6.84. The summed E-state index contributed by atoms with van der Waals surface area (Å²) in [6.45, 7) is 2.15. The molecule has 0 aliphatic carbocycles. The predicted molar refractivity (Wildman–Crippen MR) is 102 cm³/mol. The van der Waals surface area contributed by atoms with Crippen molar-refractivity contribution in [3.63, 3.8) is 0 Å². The second-order valence-electron chi connectivity index (χ2n) is 5.80. The first-order chi connectivity index (χ1) is 12.4. The number of hydrogen-bond acceptors (Lipinski definition) is 5. The van der Waals surface area contributed by atoms with E-state index in [4.69, 9.17) is 16.3 Å². The molecule has 1 aliphatic rings. The SMILES string of the molecule is COc1cc(Cl)cc(/C=C2\SC(=O)N(Cc3cccc(C)c3)C2=O)c1O. The standard InChI is InChI=1S/C19H16ClNO4S/c1-11-4-3-5-12(6-11)10-21-18(23)16(26-19(21)24)8-13-7-14(20)9-15(25-2)17(13)22/h3-9,22H,10H2,1-2H3/b16-8-. The first-order valence-electron chi connectivity index (χ1n) is 7.76. The zero-order chi connectivity index (χ0) is 18.8. The summed E-state index contributed by atoms with van der Waals surface area (Å²) in [5.41, 5.74) is 2.25. The summed E-state index contributed by atoms with van der Waals surface area (Å²) in [7, 11) is 1.41. The van der Waals surface area contributed by atoms with Crippen LogP contribution in [0.3, 0.4) is 0 Å². The van der Waals surface area contributed by atoms with Crippen LogP contribution >= 0.6 is 23.4 Å². The van der Waals surface area contributed by atoms with Crippen LogP contribution in [0.1, 0.15) is 16.7 Å². The Hall–Kier alpha value is -2.44. The van der Waals surface area contributed by atoms with E-state index in [2.05, 4.69) is 0 Å². The zero-order valence-corrected chi connectivity index (χ0v) is 15.7. The van der Waals surface area contributed by atoms with Gasteiger partial charge >= 0.3 is 0 Å². The smallest absolute Gasteiger partial charge is 0.293 e. The summed E-state index contributed by atoms with van der Waals surface area (Å²) in [4.78, 5) is 26.3. The lowest BCUT2D eigenvalue weighted by molar-refractivity contribution is -0.123. The molecule has 7 heteroatoms. The van der Waals surface area contributed by atoms with Crippen LogP contribution in [0.5, 0.6) is 11.5 Å². The molecule has 134 valence electrons. The van der Waals surface area contributed by atoms with Gasteiger partial charge in [0.25, 0.3) is 11.1 Å². The molecule has 1 aliphatic heterocycles. The third-order valence-corrected chi connectivity index (χ3v) is 5.00. The highest BCUT2D eigenvalue weighted by atomic mass is 35.5. The van der Waals surface area contributed by atoms with Gasteiger partial charge in [-0.2, -0.15) is 0 Å². The van der Waals surface area contributed by atoms with Crippen molar-refractivity contribution in [1.29, 1.82) is 0 Å². The fraction of sp³-hybridized carbons (Fsp3) is 0.158. The molecule has 5 nitrogen and oxygen atoms in total. The van der Waals surface area contributed by atoms with E-state index in [9.17, 15) is 14.7 Å². The minimum absolute atomic E-state index is 0.137. The molecule has 0 saturated carbocycles. The molecule has 26 heavy (non-hydrogen) atoms. The number of carbonyl (C=O) groups is 2. The highest BCUT2D eigenvalue weighted by molar-refractivity contribution is 8.18. The lowest BCUT2D eigenvalue weighted by Crippen LogP contribution is -2.27. The van der Waals surface area contributed by atoms with Crippen LogP contribution in [-0.4, -0.2) is 28.3 Å². The second-order valence-corrected chi connectivity index (χ2v) is 7.23. The molecule has 1 N–H and O–H groups in total. The molecule has 1 saturated heterocycles. The molecule has 0 radical (unpaired) electrons. The molecule has 0 aromatic heterocycles. The topological polar surface area (TPSA) is 66.8 Å². The van der Waals surface area contributed by atoms with Gasteiger partial charge in [-0.15, -0.1) is 0 Å². The van der Waals surface area contributed by atoms with Crippen LogP contribution in [0.2, 0.25) is 5.02 Å². The van der Waals surface area contributed by atoms with Crippen molar-refractivity contribution < 1.29 is 19.4 Å². The number of benzene rings is 2. The van der Waals surface area contributed by atoms with Gasteiger partial charge in [-0.1, -0.05) is 41.4 Å². The van der Waals surface area contributed by atoms with Crippen molar-refractivity contribution in [1.82, 2.24) is 4.90 Å². The van der Waals surface area contributed by atoms with Crippen LogP contribution < -0.4 is 4.74 Å². The van der Waals surface area contributed by atoms with E-state index in [0.717, 1.165) is 22.9 Å². The average molecular weight is 390 g/mol. The molecular formula is C19H16ClNO4S. The number of aryl methyl sites for hydroxylation is 1. The number of rotatable bonds is 4. The Labute approximate surface area is 160 Å². The number of phenols is 1. The van der Waals surface area contributed by atoms with Gasteiger partial charge in [0, 0.05) is 16.7 Å². The Morgan fingerprint density at radius 2 is 2.04 bits per heavy atom. The number of amides is 2. The quantitative estimate of drug-likeness (QED) is 0.774. The van der Waals surface area contributed by atoms with Gasteiger partial charge in [-0.05, 0) is 36.4 Å². The van der Waals surface area contributed by atoms with E-state index < -0.39 is 5.91 Å². The largest absolute Gasteiger partial charge is 0.504 e. The van der Waals surface area contributed by atoms with Gasteiger partial charge in [0.15, 0.2) is 11.5 Å². The van der Waals surface area contributed by atoms with Crippen LogP contribution in [0.4, 0.5) is 4.79 Å². The summed E-state index contributed by atoms with van der Waals surface area (Å²) in [6.07, 6.45) is 1.45. The normalized spacial score (nSPS) is 15.8. The molecule has 0 atom stereocenters. The fourth-order valence-corrected chi connectivity index (χ4v) is 3.68. The summed E-state index contributed by atoms with van der Waals surface area (Å²) in [5, 5.41) is 10.2. The third-order valence-electron chi connectivity index (χ3n) is 3.87. The number of thioether (sulfide) groups is 1. The molecule has 0 unspecified atom stereocenters. The van der Waals surface area contributed by atoms with Crippen molar-refractivity contribution in [3.8, 4) is 11.5 Å². The van der Waals surface area contributed by atoms with Crippen LogP contribution in [0.15, 0.2) is 41.3 Å². The van der Waals surface area contributed by atoms with Gasteiger partial charge in [0.1, 0.15) is 0 Å². The van der Waals surface area contributed by atoms with E-state index in [1.165, 1.54) is 30.2 Å². The molecule has 1 fully saturated rings. The zero-order valence-electron chi connectivity index (χ0n) is 14.2. The van der Waals surface area contributed by atoms with Crippen molar-refractivity contribution in [2.75, 3.05) is 7.11 Å². The van der Waals surface area contributed by atoms with E-state index in [-0.39, 0.29) is 28.2 Å².